The second-order valence-corrected chi connectivity index (χ2v) is 8.51. The summed E-state index contributed by atoms with van der Waals surface area (Å²) in [4.78, 5) is 0. The van der Waals surface area contributed by atoms with E-state index in [9.17, 15) is 0 Å². The molecular weight excluding hydrogens is 364 g/mol. The number of pyridine rings is 2. The van der Waals surface area contributed by atoms with E-state index < -0.39 is 0 Å². The predicted molar refractivity (Wildman–Crippen MR) is 124 cm³/mol. The van der Waals surface area contributed by atoms with Gasteiger partial charge in [-0.15, -0.1) is 0 Å². The molecule has 3 rings (SSSR count). The fourth-order valence-electron chi connectivity index (χ4n) is 4.14. The summed E-state index contributed by atoms with van der Waals surface area (Å²) in [5, 5.41) is 0. The third-order valence-electron chi connectivity index (χ3n) is 6.06. The van der Waals surface area contributed by atoms with Crippen LogP contribution in [0.25, 0.3) is 0 Å². The first-order chi connectivity index (χ1) is 14.7. The smallest absolute Gasteiger partial charge is 0.178 e. The van der Waals surface area contributed by atoms with Gasteiger partial charge in [-0.25, -0.2) is 9.13 Å². The van der Waals surface area contributed by atoms with E-state index in [1.807, 2.05) is 0 Å². The van der Waals surface area contributed by atoms with E-state index in [1.54, 1.807) is 0 Å². The highest BCUT2D eigenvalue weighted by molar-refractivity contribution is 5.23. The molecule has 0 bridgehead atoms. The average Bonchev–Trinajstić information content (AvgIpc) is 2.76. The Labute approximate surface area is 183 Å². The highest BCUT2D eigenvalue weighted by atomic mass is 14.9. The molecule has 0 saturated carbocycles. The number of benzene rings is 1. The summed E-state index contributed by atoms with van der Waals surface area (Å²) in [6.07, 6.45) is 14.5. The van der Waals surface area contributed by atoms with Gasteiger partial charge in [0.15, 0.2) is 23.8 Å². The monoisotopic (exact) mass is 402 g/mol. The van der Waals surface area contributed by atoms with Crippen LogP contribution >= 0.6 is 0 Å². The number of aromatic nitrogens is 2. The fraction of sp³-hybridized carbons (Fsp3) is 0.429. The second-order valence-electron chi connectivity index (χ2n) is 8.51. The van der Waals surface area contributed by atoms with Crippen LogP contribution in [0.4, 0.5) is 0 Å². The molecule has 0 aliphatic rings. The first-order valence-corrected chi connectivity index (χ1v) is 11.7. The second kappa shape index (κ2) is 12.3. The van der Waals surface area contributed by atoms with E-state index in [2.05, 4.69) is 96.0 Å². The molecule has 0 fully saturated rings. The van der Waals surface area contributed by atoms with Crippen LogP contribution in [0.5, 0.6) is 0 Å². The fourth-order valence-corrected chi connectivity index (χ4v) is 4.14. The first kappa shape index (κ1) is 22.2. The number of unbranched alkanes of at least 4 members (excludes halogenated alkanes) is 4. The SMILES string of the molecule is Cc1cccc[n+]1CCCCCc1cccc(CCCCC[n+]2ccccc2C)c1. The summed E-state index contributed by atoms with van der Waals surface area (Å²) in [6.45, 7) is 6.64. The molecule has 0 atom stereocenters. The molecule has 0 N–H and O–H groups in total. The van der Waals surface area contributed by atoms with Gasteiger partial charge in [-0.1, -0.05) is 36.4 Å². The lowest BCUT2D eigenvalue weighted by atomic mass is 10.0. The first-order valence-electron chi connectivity index (χ1n) is 11.7. The molecule has 2 nitrogen and oxygen atoms in total. The standard InChI is InChI=1S/C28H38N2/c1-25-14-7-11-22-29(25)20-9-3-5-16-27-18-13-19-28(24-27)17-6-4-10-21-30-23-12-8-15-26(30)2/h7-8,11-15,18-19,22-24H,3-6,9-10,16-17,20-21H2,1-2H3/q+2. The Kier molecular flexibility index (Phi) is 9.08. The maximum absolute atomic E-state index is 2.44. The predicted octanol–water partition coefficient (Wildman–Crippen LogP) is 5.70. The van der Waals surface area contributed by atoms with Gasteiger partial charge in [0.25, 0.3) is 0 Å². The van der Waals surface area contributed by atoms with Crippen LogP contribution in [-0.4, -0.2) is 0 Å². The summed E-state index contributed by atoms with van der Waals surface area (Å²) in [5.41, 5.74) is 5.71. The van der Waals surface area contributed by atoms with Gasteiger partial charge >= 0.3 is 0 Å². The molecule has 2 heterocycles. The third-order valence-corrected chi connectivity index (χ3v) is 6.06. The van der Waals surface area contributed by atoms with Crippen LogP contribution in [-0.2, 0) is 25.9 Å². The van der Waals surface area contributed by atoms with Crippen molar-refractivity contribution >= 4 is 0 Å². The zero-order valence-corrected chi connectivity index (χ0v) is 18.9. The highest BCUT2D eigenvalue weighted by Crippen LogP contribution is 2.13. The summed E-state index contributed by atoms with van der Waals surface area (Å²) >= 11 is 0. The van der Waals surface area contributed by atoms with Crippen LogP contribution in [0, 0.1) is 13.8 Å². The van der Waals surface area contributed by atoms with E-state index in [1.165, 1.54) is 73.9 Å². The van der Waals surface area contributed by atoms with Crippen molar-refractivity contribution in [3.63, 3.8) is 0 Å². The Morgan fingerprint density at radius 3 is 1.50 bits per heavy atom. The van der Waals surface area contributed by atoms with E-state index in [4.69, 9.17) is 0 Å². The molecule has 158 valence electrons. The molecule has 0 radical (unpaired) electrons. The van der Waals surface area contributed by atoms with Gasteiger partial charge in [0.1, 0.15) is 13.1 Å². The Morgan fingerprint density at radius 1 is 0.533 bits per heavy atom. The quantitative estimate of drug-likeness (QED) is 0.271. The van der Waals surface area contributed by atoms with Crippen LogP contribution in [0.15, 0.2) is 73.1 Å². The molecule has 2 heteroatoms. The molecule has 0 amide bonds. The normalized spacial score (nSPS) is 11.0. The summed E-state index contributed by atoms with van der Waals surface area (Å²) in [5.74, 6) is 0. The molecule has 3 aromatic rings. The number of hydrogen-bond donors (Lipinski definition) is 0. The maximum Gasteiger partial charge on any atom is 0.178 e. The Morgan fingerprint density at radius 2 is 1.03 bits per heavy atom. The molecule has 0 spiro atoms. The lowest BCUT2D eigenvalue weighted by molar-refractivity contribution is -0.703. The molecule has 30 heavy (non-hydrogen) atoms. The van der Waals surface area contributed by atoms with Gasteiger partial charge in [0, 0.05) is 51.0 Å². The van der Waals surface area contributed by atoms with E-state index in [0.29, 0.717) is 0 Å². The van der Waals surface area contributed by atoms with Crippen molar-refractivity contribution in [3.8, 4) is 0 Å². The molecule has 1 aromatic carbocycles. The van der Waals surface area contributed by atoms with Crippen molar-refractivity contribution in [1.29, 1.82) is 0 Å². The van der Waals surface area contributed by atoms with E-state index in [-0.39, 0.29) is 0 Å². The zero-order chi connectivity index (χ0) is 21.0. The van der Waals surface area contributed by atoms with Crippen molar-refractivity contribution < 1.29 is 9.13 Å². The summed E-state index contributed by atoms with van der Waals surface area (Å²) < 4.78 is 4.72. The van der Waals surface area contributed by atoms with Crippen molar-refractivity contribution in [2.45, 2.75) is 78.3 Å². The van der Waals surface area contributed by atoms with Gasteiger partial charge < -0.3 is 0 Å². The molecule has 0 aliphatic carbocycles. The third kappa shape index (κ3) is 7.40. The van der Waals surface area contributed by atoms with Crippen LogP contribution < -0.4 is 9.13 Å². The van der Waals surface area contributed by atoms with Crippen molar-refractivity contribution in [1.82, 2.24) is 0 Å². The molecule has 0 unspecified atom stereocenters. The lowest BCUT2D eigenvalue weighted by Crippen LogP contribution is -2.36. The van der Waals surface area contributed by atoms with Crippen molar-refractivity contribution in [2.24, 2.45) is 0 Å². The van der Waals surface area contributed by atoms with Crippen LogP contribution in [0.2, 0.25) is 0 Å². The number of rotatable bonds is 12. The van der Waals surface area contributed by atoms with Gasteiger partial charge in [0.2, 0.25) is 0 Å². The molecule has 2 aromatic heterocycles. The van der Waals surface area contributed by atoms with Crippen molar-refractivity contribution in [3.05, 3.63) is 95.6 Å². The highest BCUT2D eigenvalue weighted by Gasteiger charge is 2.05. The Hall–Kier alpha value is -2.48. The van der Waals surface area contributed by atoms with Crippen molar-refractivity contribution in [2.75, 3.05) is 0 Å². The van der Waals surface area contributed by atoms with Gasteiger partial charge in [-0.2, -0.15) is 0 Å². The summed E-state index contributed by atoms with van der Waals surface area (Å²) in [7, 11) is 0. The van der Waals surface area contributed by atoms with Gasteiger partial charge in [-0.3, -0.25) is 0 Å². The number of hydrogen-bond acceptors (Lipinski definition) is 0. The Bertz CT molecular complexity index is 830. The number of aryl methyl sites for hydroxylation is 6. The van der Waals surface area contributed by atoms with Gasteiger partial charge in [0.05, 0.1) is 0 Å². The molecule has 0 aliphatic heterocycles. The van der Waals surface area contributed by atoms with E-state index in [0.717, 1.165) is 13.1 Å². The number of nitrogens with zero attached hydrogens (tertiary/aromatic N) is 2. The maximum atomic E-state index is 2.44. The zero-order valence-electron chi connectivity index (χ0n) is 18.9. The van der Waals surface area contributed by atoms with Crippen LogP contribution in [0.1, 0.15) is 61.0 Å². The summed E-state index contributed by atoms with van der Waals surface area (Å²) in [6, 6.07) is 22.1. The van der Waals surface area contributed by atoms with E-state index >= 15 is 0 Å². The largest absolute Gasteiger partial charge is 0.203 e. The topological polar surface area (TPSA) is 7.76 Å². The minimum Gasteiger partial charge on any atom is -0.203 e. The van der Waals surface area contributed by atoms with Gasteiger partial charge in [-0.05, 0) is 49.7 Å². The Balaban J connectivity index is 1.31. The van der Waals surface area contributed by atoms with Crippen LogP contribution in [0.3, 0.4) is 0 Å². The molecule has 0 saturated heterocycles. The molecular formula is C28H38N2+2. The average molecular weight is 403 g/mol. The minimum atomic E-state index is 1.13. The lowest BCUT2D eigenvalue weighted by Gasteiger charge is -2.06. The minimum absolute atomic E-state index is 1.13.